The van der Waals surface area contributed by atoms with Crippen molar-refractivity contribution in [3.05, 3.63) is 120 Å². The Morgan fingerprint density at radius 2 is 1.56 bits per heavy atom. The third kappa shape index (κ3) is 4.60. The van der Waals surface area contributed by atoms with Crippen LogP contribution >= 0.6 is 23.5 Å². The lowest BCUT2D eigenvalue weighted by atomic mass is 9.54. The third-order valence-corrected chi connectivity index (χ3v) is 14.5. The molecule has 0 aromatic heterocycles. The minimum absolute atomic E-state index is 0.468. The van der Waals surface area contributed by atoms with Gasteiger partial charge in [0.2, 0.25) is 0 Å². The van der Waals surface area contributed by atoms with E-state index in [9.17, 15) is 0 Å². The molecule has 0 amide bonds. The Kier molecular flexibility index (Phi) is 7.20. The maximum atomic E-state index is 2.63. The smallest absolute Gasteiger partial charge is 0.0419 e. The molecule has 2 heterocycles. The van der Waals surface area contributed by atoms with Crippen LogP contribution in [-0.4, -0.2) is 15.7 Å². The fourth-order valence-corrected chi connectivity index (χ4v) is 13.2. The summed E-state index contributed by atoms with van der Waals surface area (Å²) in [6.45, 7) is 2.52. The van der Waals surface area contributed by atoms with Crippen LogP contribution in [0.2, 0.25) is 0 Å². The Bertz CT molecular complexity index is 1410. The molecule has 0 spiro atoms. The molecule has 2 aromatic carbocycles. The topological polar surface area (TPSA) is 0 Å². The van der Waals surface area contributed by atoms with Gasteiger partial charge in [0.15, 0.2) is 0 Å². The van der Waals surface area contributed by atoms with Crippen LogP contribution in [0.3, 0.4) is 0 Å². The van der Waals surface area contributed by atoms with E-state index in [4.69, 9.17) is 0 Å². The van der Waals surface area contributed by atoms with Crippen molar-refractivity contribution in [1.82, 2.24) is 0 Å². The second-order valence-corrected chi connectivity index (χ2v) is 15.9. The predicted molar refractivity (Wildman–Crippen MR) is 178 cm³/mol. The van der Waals surface area contributed by atoms with Crippen molar-refractivity contribution < 1.29 is 0 Å². The van der Waals surface area contributed by atoms with E-state index in [1.54, 1.807) is 5.56 Å². The summed E-state index contributed by atoms with van der Waals surface area (Å²) in [6.07, 6.45) is 29.3. The number of hydrogen-bond donors (Lipinski definition) is 0. The van der Waals surface area contributed by atoms with E-state index in [-0.39, 0.29) is 0 Å². The first-order valence-corrected chi connectivity index (χ1v) is 18.0. The van der Waals surface area contributed by atoms with E-state index >= 15 is 0 Å². The van der Waals surface area contributed by atoms with E-state index < -0.39 is 0 Å². The molecule has 1 saturated carbocycles. The van der Waals surface area contributed by atoms with Gasteiger partial charge in [-0.15, -0.1) is 11.8 Å². The van der Waals surface area contributed by atoms with Crippen molar-refractivity contribution in [2.75, 3.05) is 0 Å². The quantitative estimate of drug-likeness (QED) is 0.335. The van der Waals surface area contributed by atoms with Crippen molar-refractivity contribution in [3.8, 4) is 0 Å². The Balaban J connectivity index is 1.27. The third-order valence-electron chi connectivity index (χ3n) is 11.4. The van der Waals surface area contributed by atoms with Gasteiger partial charge in [0.25, 0.3) is 0 Å². The lowest BCUT2D eigenvalue weighted by molar-refractivity contribution is 0.0427. The Labute approximate surface area is 255 Å². The molecule has 2 fully saturated rings. The zero-order valence-electron chi connectivity index (χ0n) is 24.1. The first kappa shape index (κ1) is 26.5. The van der Waals surface area contributed by atoms with Crippen LogP contribution in [-0.2, 0) is 0 Å². The molecule has 8 rings (SSSR count). The average molecular weight is 575 g/mol. The van der Waals surface area contributed by atoms with Gasteiger partial charge in [-0.05, 0) is 89.9 Å². The van der Waals surface area contributed by atoms with E-state index in [0.29, 0.717) is 40.1 Å². The van der Waals surface area contributed by atoms with Crippen molar-refractivity contribution >= 4 is 29.1 Å². The molecule has 210 valence electrons. The monoisotopic (exact) mass is 574 g/mol. The highest BCUT2D eigenvalue weighted by Gasteiger charge is 2.56. The van der Waals surface area contributed by atoms with Crippen LogP contribution in [0.4, 0.5) is 0 Å². The number of benzene rings is 2. The van der Waals surface area contributed by atoms with Gasteiger partial charge in [-0.2, -0.15) is 11.8 Å². The first-order valence-electron chi connectivity index (χ1n) is 16.1. The largest absolute Gasteiger partial charge is 0.150 e. The summed E-state index contributed by atoms with van der Waals surface area (Å²) >= 11 is 4.49. The van der Waals surface area contributed by atoms with Gasteiger partial charge in [-0.3, -0.25) is 0 Å². The van der Waals surface area contributed by atoms with E-state index in [1.165, 1.54) is 48.1 Å². The SMILES string of the molecule is CC1C=CCCC1C1CCCC2SC3C=CC=CC3C(C3c4ccccc4SC4C(c5ccccc5)=CC=CC43)C21. The number of fused-ring (bicyclic) bond motifs is 4. The number of allylic oxidation sites excluding steroid dienone is 8. The van der Waals surface area contributed by atoms with E-state index in [1.807, 2.05) is 0 Å². The minimum Gasteiger partial charge on any atom is -0.150 e. The van der Waals surface area contributed by atoms with Crippen molar-refractivity contribution in [2.24, 2.45) is 41.4 Å². The molecule has 2 aromatic rings. The normalized spacial score (nSPS) is 40.6. The summed E-state index contributed by atoms with van der Waals surface area (Å²) < 4.78 is 0. The highest BCUT2D eigenvalue weighted by Crippen LogP contribution is 2.64. The molecule has 0 bridgehead atoms. The first-order chi connectivity index (χ1) is 20.3. The van der Waals surface area contributed by atoms with Crippen molar-refractivity contribution in [3.63, 3.8) is 0 Å². The summed E-state index contributed by atoms with van der Waals surface area (Å²) in [7, 11) is 0. The Morgan fingerprint density at radius 1 is 0.732 bits per heavy atom. The van der Waals surface area contributed by atoms with Crippen LogP contribution in [0.5, 0.6) is 0 Å². The summed E-state index contributed by atoms with van der Waals surface area (Å²) in [6, 6.07) is 20.8. The second-order valence-electron chi connectivity index (χ2n) is 13.3. The minimum atomic E-state index is 0.468. The predicted octanol–water partition coefficient (Wildman–Crippen LogP) is 10.4. The van der Waals surface area contributed by atoms with E-state index in [2.05, 4.69) is 140 Å². The number of hydrogen-bond acceptors (Lipinski definition) is 2. The molecule has 11 atom stereocenters. The van der Waals surface area contributed by atoms with Crippen LogP contribution in [0.25, 0.3) is 5.57 Å². The van der Waals surface area contributed by atoms with Gasteiger partial charge < -0.3 is 0 Å². The van der Waals surface area contributed by atoms with Crippen LogP contribution in [0.15, 0.2) is 114 Å². The van der Waals surface area contributed by atoms with Gasteiger partial charge in [0, 0.05) is 26.6 Å². The fraction of sp³-hybridized carbons (Fsp3) is 0.436. The molecular weight excluding hydrogens is 533 g/mol. The highest BCUT2D eigenvalue weighted by atomic mass is 32.2. The molecule has 2 aliphatic heterocycles. The van der Waals surface area contributed by atoms with Gasteiger partial charge in [0.1, 0.15) is 0 Å². The molecule has 0 nitrogen and oxygen atoms in total. The maximum absolute atomic E-state index is 2.63. The highest BCUT2D eigenvalue weighted by molar-refractivity contribution is 8.01. The molecule has 6 aliphatic rings. The van der Waals surface area contributed by atoms with Crippen LogP contribution < -0.4 is 0 Å². The summed E-state index contributed by atoms with van der Waals surface area (Å²) in [5.74, 6) is 5.52. The molecule has 41 heavy (non-hydrogen) atoms. The average Bonchev–Trinajstić information content (AvgIpc) is 3.03. The zero-order chi connectivity index (χ0) is 27.3. The summed E-state index contributed by atoms with van der Waals surface area (Å²) in [5.41, 5.74) is 4.55. The van der Waals surface area contributed by atoms with Crippen LogP contribution in [0.1, 0.15) is 56.1 Å². The van der Waals surface area contributed by atoms with Gasteiger partial charge >= 0.3 is 0 Å². The fourth-order valence-electron chi connectivity index (χ4n) is 9.74. The Hall–Kier alpha value is -2.16. The summed E-state index contributed by atoms with van der Waals surface area (Å²) in [5, 5.41) is 1.87. The standard InChI is InChI=1S/C39H42S2/c1-25-13-5-6-16-27(25)29-20-12-24-35-37(29)38(31-18-8-9-22-33(31)40-35)36-30-17-7-10-23-34(30)41-39-28(19-11-21-32(36)39)26-14-3-2-4-15-26/h2-5,7-11,13-15,17-19,21-23,25,27,29,31-33,35-39H,6,12,16,20,24H2,1H3. The van der Waals surface area contributed by atoms with Gasteiger partial charge in [-0.1, -0.05) is 117 Å². The zero-order valence-corrected chi connectivity index (χ0v) is 25.7. The van der Waals surface area contributed by atoms with Crippen LogP contribution in [0, 0.1) is 41.4 Å². The molecular formula is C39H42S2. The molecule has 1 saturated heterocycles. The maximum Gasteiger partial charge on any atom is 0.0419 e. The molecule has 2 heteroatoms. The second kappa shape index (κ2) is 11.2. The van der Waals surface area contributed by atoms with Gasteiger partial charge in [-0.25, -0.2) is 0 Å². The summed E-state index contributed by atoms with van der Waals surface area (Å²) in [4.78, 5) is 1.53. The number of thioether (sulfide) groups is 2. The molecule has 4 aliphatic carbocycles. The van der Waals surface area contributed by atoms with Crippen molar-refractivity contribution in [2.45, 2.75) is 65.6 Å². The number of rotatable bonds is 3. The molecule has 11 unspecified atom stereocenters. The lowest BCUT2D eigenvalue weighted by Gasteiger charge is -2.58. The molecule has 0 radical (unpaired) electrons. The molecule has 0 N–H and O–H groups in total. The van der Waals surface area contributed by atoms with E-state index in [0.717, 1.165) is 23.0 Å². The lowest BCUT2D eigenvalue weighted by Crippen LogP contribution is -2.53. The Morgan fingerprint density at radius 3 is 2.46 bits per heavy atom. The van der Waals surface area contributed by atoms with Crippen molar-refractivity contribution in [1.29, 1.82) is 0 Å². The van der Waals surface area contributed by atoms with Gasteiger partial charge in [0.05, 0.1) is 0 Å².